The first-order valence-electron chi connectivity index (χ1n) is 9.51. The van der Waals surface area contributed by atoms with Crippen LogP contribution in [0.4, 0.5) is 18.9 Å². The van der Waals surface area contributed by atoms with Crippen molar-refractivity contribution in [1.29, 1.82) is 0 Å². The van der Waals surface area contributed by atoms with Crippen molar-refractivity contribution in [3.8, 4) is 0 Å². The molecule has 176 valence electrons. The average molecular weight is 530 g/mol. The van der Waals surface area contributed by atoms with Gasteiger partial charge in [-0.05, 0) is 48.5 Å². The summed E-state index contributed by atoms with van der Waals surface area (Å²) in [4.78, 5) is 21.6. The first-order valence-corrected chi connectivity index (χ1v) is 10.6. The highest BCUT2D eigenvalue weighted by molar-refractivity contribution is 6.35. The Morgan fingerprint density at radius 2 is 1.79 bits per heavy atom. The van der Waals surface area contributed by atoms with Crippen LogP contribution in [-0.2, 0) is 10.4 Å². The summed E-state index contributed by atoms with van der Waals surface area (Å²) in [6.07, 6.45) is -1.21. The van der Waals surface area contributed by atoms with E-state index in [9.17, 15) is 18.0 Å². The third-order valence-electron chi connectivity index (χ3n) is 5.03. The number of carbonyl (C=O) groups excluding carboxylic acids is 1. The molecule has 4 rings (SSSR count). The summed E-state index contributed by atoms with van der Waals surface area (Å²) < 4.78 is 42.7. The Morgan fingerprint density at radius 3 is 2.41 bits per heavy atom. The standard InChI is InChI=1S/C22H14Cl3F3N4O2/c23-15-7-14(8-16(24)9-15)21(22(26,27)28)10-18(31-34-21)12-3-4-17(25)19(6-12)32(29)20(33)13-2-1-5-30-11-13/h1-11,31H,29H2. The van der Waals surface area contributed by atoms with Gasteiger partial charge in [-0.2, -0.15) is 13.2 Å². The lowest BCUT2D eigenvalue weighted by Gasteiger charge is -2.28. The van der Waals surface area contributed by atoms with E-state index < -0.39 is 17.7 Å². The zero-order valence-corrected chi connectivity index (χ0v) is 19.2. The van der Waals surface area contributed by atoms with Gasteiger partial charge in [0, 0.05) is 33.6 Å². The van der Waals surface area contributed by atoms with E-state index in [0.717, 1.165) is 23.2 Å². The number of carbonyl (C=O) groups is 1. The second kappa shape index (κ2) is 9.09. The third-order valence-corrected chi connectivity index (χ3v) is 5.78. The van der Waals surface area contributed by atoms with Crippen LogP contribution in [0, 0.1) is 0 Å². The number of pyridine rings is 1. The molecule has 0 saturated carbocycles. The lowest BCUT2D eigenvalue weighted by atomic mass is 9.91. The van der Waals surface area contributed by atoms with Gasteiger partial charge in [-0.1, -0.05) is 40.9 Å². The molecule has 6 nitrogen and oxygen atoms in total. The molecule has 1 unspecified atom stereocenters. The van der Waals surface area contributed by atoms with E-state index in [1.807, 2.05) is 0 Å². The lowest BCUT2D eigenvalue weighted by Crippen LogP contribution is -2.42. The number of nitrogens with one attached hydrogen (secondary N) is 1. The Hall–Kier alpha value is -2.82. The second-order valence-corrected chi connectivity index (χ2v) is 8.52. The molecule has 12 heteroatoms. The van der Waals surface area contributed by atoms with Crippen molar-refractivity contribution < 1.29 is 22.8 Å². The fourth-order valence-corrected chi connectivity index (χ4v) is 4.09. The summed E-state index contributed by atoms with van der Waals surface area (Å²) in [5, 5.41) is 0.912. The molecule has 3 N–H and O–H groups in total. The molecule has 3 aromatic rings. The molecule has 0 aliphatic carbocycles. The van der Waals surface area contributed by atoms with Crippen LogP contribution in [0.15, 0.2) is 67.0 Å². The molecule has 2 heterocycles. The fraction of sp³-hybridized carbons (Fsp3) is 0.0909. The average Bonchev–Trinajstić information content (AvgIpc) is 3.25. The summed E-state index contributed by atoms with van der Waals surface area (Å²) in [6, 6.07) is 10.8. The van der Waals surface area contributed by atoms with Crippen molar-refractivity contribution in [2.24, 2.45) is 5.84 Å². The summed E-state index contributed by atoms with van der Waals surface area (Å²) >= 11 is 18.1. The molecule has 1 aliphatic rings. The monoisotopic (exact) mass is 528 g/mol. The molecule has 0 radical (unpaired) electrons. The van der Waals surface area contributed by atoms with Crippen molar-refractivity contribution in [2.75, 3.05) is 5.01 Å². The molecule has 0 bridgehead atoms. The quantitative estimate of drug-likeness (QED) is 0.250. The number of benzene rings is 2. The van der Waals surface area contributed by atoms with Gasteiger partial charge in [-0.15, -0.1) is 0 Å². The van der Waals surface area contributed by atoms with E-state index in [1.54, 1.807) is 6.07 Å². The Bertz CT molecular complexity index is 1270. The molecular formula is C22H14Cl3F3N4O2. The molecule has 1 atom stereocenters. The first kappa shape index (κ1) is 24.3. The minimum Gasteiger partial charge on any atom is -0.267 e. The molecule has 1 aromatic heterocycles. The zero-order valence-electron chi connectivity index (χ0n) is 16.9. The van der Waals surface area contributed by atoms with Crippen LogP contribution in [-0.4, -0.2) is 17.1 Å². The maximum absolute atomic E-state index is 14.2. The van der Waals surface area contributed by atoms with Gasteiger partial charge in [0.2, 0.25) is 5.60 Å². The number of nitrogens with zero attached hydrogens (tertiary/aromatic N) is 2. The van der Waals surface area contributed by atoms with E-state index in [1.165, 1.54) is 42.7 Å². The topological polar surface area (TPSA) is 80.5 Å². The highest BCUT2D eigenvalue weighted by atomic mass is 35.5. The number of hydrogen-bond donors (Lipinski definition) is 2. The smallest absolute Gasteiger partial charge is 0.267 e. The van der Waals surface area contributed by atoms with Crippen molar-refractivity contribution >= 4 is 52.1 Å². The van der Waals surface area contributed by atoms with Crippen molar-refractivity contribution in [2.45, 2.75) is 11.8 Å². The van der Waals surface area contributed by atoms with E-state index in [-0.39, 0.29) is 43.1 Å². The number of halogens is 6. The Labute approximate surface area is 206 Å². The number of alkyl halides is 3. The van der Waals surface area contributed by atoms with Crippen LogP contribution in [0.5, 0.6) is 0 Å². The minimum atomic E-state index is -4.87. The largest absolute Gasteiger partial charge is 0.428 e. The van der Waals surface area contributed by atoms with E-state index in [4.69, 9.17) is 45.5 Å². The van der Waals surface area contributed by atoms with Gasteiger partial charge in [0.1, 0.15) is 0 Å². The molecule has 2 aromatic carbocycles. The Morgan fingerprint density at radius 1 is 1.09 bits per heavy atom. The van der Waals surface area contributed by atoms with Crippen LogP contribution in [0.1, 0.15) is 21.5 Å². The highest BCUT2D eigenvalue weighted by Crippen LogP contribution is 2.48. The van der Waals surface area contributed by atoms with Crippen molar-refractivity contribution in [3.63, 3.8) is 0 Å². The fourth-order valence-electron chi connectivity index (χ4n) is 3.36. The Balaban J connectivity index is 1.76. The van der Waals surface area contributed by atoms with Crippen LogP contribution in [0.2, 0.25) is 15.1 Å². The molecule has 1 amide bonds. The SMILES string of the molecule is NN(C(=O)c1cccnc1)c1cc(C2=CC(c3cc(Cl)cc(Cl)c3)(C(F)(F)F)ON2)ccc1Cl. The predicted octanol–water partition coefficient (Wildman–Crippen LogP) is 5.90. The molecule has 1 aliphatic heterocycles. The van der Waals surface area contributed by atoms with Crippen molar-refractivity contribution in [3.05, 3.63) is 98.8 Å². The maximum atomic E-state index is 14.2. The Kier molecular flexibility index (Phi) is 6.50. The normalized spacial score (nSPS) is 17.8. The molecule has 0 spiro atoms. The van der Waals surface area contributed by atoms with Gasteiger partial charge < -0.3 is 0 Å². The summed E-state index contributed by atoms with van der Waals surface area (Å²) in [6.45, 7) is 0. The summed E-state index contributed by atoms with van der Waals surface area (Å²) in [5.74, 6) is 5.36. The highest BCUT2D eigenvalue weighted by Gasteiger charge is 2.59. The number of anilines is 1. The van der Waals surface area contributed by atoms with Gasteiger partial charge in [0.25, 0.3) is 5.91 Å². The van der Waals surface area contributed by atoms with Crippen LogP contribution in [0.25, 0.3) is 5.70 Å². The number of hydroxylamine groups is 1. The third kappa shape index (κ3) is 4.45. The number of rotatable bonds is 4. The van der Waals surface area contributed by atoms with E-state index in [2.05, 4.69) is 10.5 Å². The van der Waals surface area contributed by atoms with Crippen LogP contribution in [0.3, 0.4) is 0 Å². The van der Waals surface area contributed by atoms with E-state index >= 15 is 0 Å². The maximum Gasteiger partial charge on any atom is 0.428 e. The number of amides is 1. The van der Waals surface area contributed by atoms with Gasteiger partial charge in [0.05, 0.1) is 22.0 Å². The van der Waals surface area contributed by atoms with Crippen LogP contribution < -0.4 is 16.3 Å². The second-order valence-electron chi connectivity index (χ2n) is 7.24. The van der Waals surface area contributed by atoms with Gasteiger partial charge in [-0.25, -0.2) is 10.9 Å². The first-order chi connectivity index (χ1) is 16.0. The molecular weight excluding hydrogens is 516 g/mol. The van der Waals surface area contributed by atoms with Gasteiger partial charge >= 0.3 is 6.18 Å². The van der Waals surface area contributed by atoms with E-state index in [0.29, 0.717) is 0 Å². The minimum absolute atomic E-state index is 0.0121. The number of hydrazine groups is 1. The predicted molar refractivity (Wildman–Crippen MR) is 123 cm³/mol. The summed E-state index contributed by atoms with van der Waals surface area (Å²) in [7, 11) is 0. The van der Waals surface area contributed by atoms with Crippen molar-refractivity contribution in [1.82, 2.24) is 10.5 Å². The van der Waals surface area contributed by atoms with Gasteiger partial charge in [-0.3, -0.25) is 20.1 Å². The van der Waals surface area contributed by atoms with Gasteiger partial charge in [0.15, 0.2) is 0 Å². The summed E-state index contributed by atoms with van der Waals surface area (Å²) in [5.41, 5.74) is -0.423. The molecule has 34 heavy (non-hydrogen) atoms. The van der Waals surface area contributed by atoms with Crippen LogP contribution >= 0.6 is 34.8 Å². The molecule has 0 fully saturated rings. The lowest BCUT2D eigenvalue weighted by molar-refractivity contribution is -0.269. The zero-order chi connectivity index (χ0) is 24.7. The number of nitrogens with two attached hydrogens (primary N) is 1. The number of hydrogen-bond acceptors (Lipinski definition) is 5. The number of aromatic nitrogens is 1. The molecule has 0 saturated heterocycles.